The number of halogens is 2. The second-order valence-electron chi connectivity index (χ2n) is 10.3. The molecule has 6 heteroatoms. The van der Waals surface area contributed by atoms with Gasteiger partial charge in [0, 0.05) is 51.5 Å². The summed E-state index contributed by atoms with van der Waals surface area (Å²) in [7, 11) is 0. The van der Waals surface area contributed by atoms with E-state index in [0.29, 0.717) is 18.5 Å². The Labute approximate surface area is 235 Å². The number of hydrazone groups is 1. The van der Waals surface area contributed by atoms with Crippen LogP contribution in [0.15, 0.2) is 113 Å². The molecule has 3 nitrogen and oxygen atoms in total. The number of hydrogen-bond donors (Lipinski definition) is 2. The van der Waals surface area contributed by atoms with Crippen molar-refractivity contribution in [2.45, 2.75) is 56.4 Å². The van der Waals surface area contributed by atoms with Gasteiger partial charge in [0.25, 0.3) is 5.92 Å². The smallest absolute Gasteiger partial charge is 0.253 e. The first-order valence-electron chi connectivity index (χ1n) is 13.3. The number of nitrogens with zero attached hydrogens (tertiary/aromatic N) is 2. The van der Waals surface area contributed by atoms with Crippen molar-refractivity contribution >= 4 is 29.6 Å². The molecule has 39 heavy (non-hydrogen) atoms. The molecule has 0 fully saturated rings. The van der Waals surface area contributed by atoms with Crippen molar-refractivity contribution < 1.29 is 8.78 Å². The van der Waals surface area contributed by atoms with Crippen LogP contribution < -0.4 is 5.32 Å². The van der Waals surface area contributed by atoms with Crippen molar-refractivity contribution in [1.82, 2.24) is 5.01 Å². The average molecular weight is 542 g/mol. The number of rotatable bonds is 8. The van der Waals surface area contributed by atoms with E-state index in [4.69, 9.17) is 5.10 Å². The van der Waals surface area contributed by atoms with Crippen LogP contribution in [0, 0.1) is 6.92 Å². The number of hydrogen-bond acceptors (Lipinski definition) is 4. The van der Waals surface area contributed by atoms with Crippen LogP contribution in [0.2, 0.25) is 0 Å². The molecule has 3 aromatic rings. The van der Waals surface area contributed by atoms with E-state index in [9.17, 15) is 8.78 Å². The maximum Gasteiger partial charge on any atom is 0.253 e. The number of fused-ring (bicyclic) bond motifs is 1. The highest BCUT2D eigenvalue weighted by atomic mass is 32.1. The summed E-state index contributed by atoms with van der Waals surface area (Å²) in [6.45, 7) is 12.3. The summed E-state index contributed by atoms with van der Waals surface area (Å²) in [5.74, 6) is -2.84. The highest BCUT2D eigenvalue weighted by Crippen LogP contribution is 2.45. The molecule has 2 heterocycles. The predicted octanol–water partition coefficient (Wildman–Crippen LogP) is 9.17. The normalized spacial score (nSPS) is 17.2. The number of aryl methyl sites for hydroxylation is 1. The van der Waals surface area contributed by atoms with Crippen LogP contribution in [0.1, 0.15) is 60.9 Å². The lowest BCUT2D eigenvalue weighted by Gasteiger charge is -2.28. The molecule has 2 aliphatic heterocycles. The number of allylic oxidation sites excluding steroid dienone is 2. The van der Waals surface area contributed by atoms with Gasteiger partial charge in [-0.05, 0) is 36.2 Å². The number of thiol groups is 1. The van der Waals surface area contributed by atoms with Gasteiger partial charge in [0.05, 0.1) is 18.2 Å². The van der Waals surface area contributed by atoms with Crippen LogP contribution in [-0.4, -0.2) is 16.6 Å². The number of anilines is 1. The summed E-state index contributed by atoms with van der Waals surface area (Å²) < 4.78 is 29.5. The number of nitrogens with one attached hydrogen (secondary N) is 1. The Kier molecular flexibility index (Phi) is 7.50. The van der Waals surface area contributed by atoms with E-state index in [2.05, 4.69) is 37.2 Å². The zero-order valence-electron chi connectivity index (χ0n) is 22.3. The molecule has 1 unspecified atom stereocenters. The van der Waals surface area contributed by atoms with Crippen LogP contribution in [0.5, 0.6) is 0 Å². The Hall–Kier alpha value is -3.64. The van der Waals surface area contributed by atoms with Crippen LogP contribution >= 0.6 is 12.6 Å². The van der Waals surface area contributed by atoms with Crippen molar-refractivity contribution in [3.8, 4) is 0 Å². The standard InChI is InChI=1S/C33H33F2N3S/c1-5-18-33(34,35)20-22(3)38-30(24-12-10-21(2)11-13-24)19-29(37-38)31-23(4)36-28-9-7-6-8-27(28)32(31)25-14-16-26(39)17-15-25/h6-17,30,36,39H,3-5,18-20H2,1-2H3. The first-order valence-corrected chi connectivity index (χ1v) is 13.7. The lowest BCUT2D eigenvalue weighted by atomic mass is 9.84. The van der Waals surface area contributed by atoms with Crippen molar-refractivity contribution in [1.29, 1.82) is 0 Å². The molecule has 0 spiro atoms. The van der Waals surface area contributed by atoms with Gasteiger partial charge in [-0.2, -0.15) is 5.10 Å². The van der Waals surface area contributed by atoms with Gasteiger partial charge in [-0.15, -0.1) is 12.6 Å². The second-order valence-corrected chi connectivity index (χ2v) is 10.8. The fraction of sp³-hybridized carbons (Fsp3) is 0.242. The predicted molar refractivity (Wildman–Crippen MR) is 160 cm³/mol. The van der Waals surface area contributed by atoms with Gasteiger partial charge in [-0.3, -0.25) is 5.01 Å². The van der Waals surface area contributed by atoms with Gasteiger partial charge in [0.15, 0.2) is 0 Å². The summed E-state index contributed by atoms with van der Waals surface area (Å²) in [5, 5.41) is 10.2. The molecule has 1 atom stereocenters. The topological polar surface area (TPSA) is 27.6 Å². The van der Waals surface area contributed by atoms with Crippen LogP contribution in [0.3, 0.4) is 0 Å². The summed E-state index contributed by atoms with van der Waals surface area (Å²) in [6, 6.07) is 24.1. The minimum Gasteiger partial charge on any atom is -0.355 e. The molecule has 0 saturated heterocycles. The van der Waals surface area contributed by atoms with Gasteiger partial charge in [0.2, 0.25) is 0 Å². The van der Waals surface area contributed by atoms with Crippen molar-refractivity contribution in [3.63, 3.8) is 0 Å². The Morgan fingerprint density at radius 1 is 1.05 bits per heavy atom. The summed E-state index contributed by atoms with van der Waals surface area (Å²) in [6.07, 6.45) is 0.326. The number of para-hydroxylation sites is 1. The second kappa shape index (κ2) is 10.9. The lowest BCUT2D eigenvalue weighted by Crippen LogP contribution is -2.25. The fourth-order valence-electron chi connectivity index (χ4n) is 5.40. The van der Waals surface area contributed by atoms with Gasteiger partial charge >= 0.3 is 0 Å². The third-order valence-corrected chi connectivity index (χ3v) is 7.55. The summed E-state index contributed by atoms with van der Waals surface area (Å²) in [5.41, 5.74) is 8.87. The fourth-order valence-corrected chi connectivity index (χ4v) is 5.55. The summed E-state index contributed by atoms with van der Waals surface area (Å²) >= 11 is 4.47. The Balaban J connectivity index is 1.65. The third kappa shape index (κ3) is 5.57. The minimum atomic E-state index is -2.84. The third-order valence-electron chi connectivity index (χ3n) is 7.25. The molecule has 0 aliphatic carbocycles. The first kappa shape index (κ1) is 26.9. The molecule has 0 bridgehead atoms. The molecule has 0 radical (unpaired) electrons. The highest BCUT2D eigenvalue weighted by molar-refractivity contribution is 7.80. The lowest BCUT2D eigenvalue weighted by molar-refractivity contribution is -0.0146. The minimum absolute atomic E-state index is 0.181. The molecule has 0 amide bonds. The van der Waals surface area contributed by atoms with E-state index >= 15 is 0 Å². The average Bonchev–Trinajstić information content (AvgIpc) is 3.34. The van der Waals surface area contributed by atoms with Gasteiger partial charge < -0.3 is 5.32 Å². The van der Waals surface area contributed by atoms with E-state index in [1.807, 2.05) is 73.7 Å². The summed E-state index contributed by atoms with van der Waals surface area (Å²) in [4.78, 5) is 0.870. The zero-order chi connectivity index (χ0) is 27.7. The van der Waals surface area contributed by atoms with Crippen LogP contribution in [-0.2, 0) is 0 Å². The van der Waals surface area contributed by atoms with E-state index in [1.54, 1.807) is 11.9 Å². The molecule has 0 saturated carbocycles. The largest absolute Gasteiger partial charge is 0.355 e. The van der Waals surface area contributed by atoms with Crippen molar-refractivity contribution in [3.05, 3.63) is 125 Å². The van der Waals surface area contributed by atoms with Crippen LogP contribution in [0.4, 0.5) is 14.5 Å². The number of benzene rings is 3. The quantitative estimate of drug-likeness (QED) is 0.278. The van der Waals surface area contributed by atoms with Gasteiger partial charge in [-0.1, -0.05) is 86.7 Å². The highest BCUT2D eigenvalue weighted by Gasteiger charge is 2.38. The molecular formula is C33H33F2N3S. The van der Waals surface area contributed by atoms with E-state index in [-0.39, 0.29) is 12.5 Å². The molecule has 0 aromatic heterocycles. The van der Waals surface area contributed by atoms with Crippen LogP contribution in [0.25, 0.3) is 5.57 Å². The molecule has 5 rings (SSSR count). The maximum atomic E-state index is 14.7. The molecule has 3 aromatic carbocycles. The first-order chi connectivity index (χ1) is 18.7. The Morgan fingerprint density at radius 3 is 2.44 bits per heavy atom. The molecule has 200 valence electrons. The zero-order valence-corrected chi connectivity index (χ0v) is 23.2. The van der Waals surface area contributed by atoms with Crippen molar-refractivity contribution in [2.24, 2.45) is 5.10 Å². The number of alkyl halides is 2. The Morgan fingerprint density at radius 2 is 1.74 bits per heavy atom. The molecule has 2 aliphatic rings. The monoisotopic (exact) mass is 541 g/mol. The van der Waals surface area contributed by atoms with Crippen molar-refractivity contribution in [2.75, 3.05) is 5.32 Å². The van der Waals surface area contributed by atoms with E-state index in [0.717, 1.165) is 55.4 Å². The van der Waals surface area contributed by atoms with Gasteiger partial charge in [0.1, 0.15) is 0 Å². The molecular weight excluding hydrogens is 508 g/mol. The Bertz CT molecular complexity index is 1470. The van der Waals surface area contributed by atoms with Gasteiger partial charge in [-0.25, -0.2) is 8.78 Å². The SMILES string of the molecule is C=C1Nc2ccccc2C(c2ccc(S)cc2)=C1C1=NN(C(=C)CC(F)(F)CCC)C(c2ccc(C)cc2)C1. The van der Waals surface area contributed by atoms with E-state index in [1.165, 1.54) is 0 Å². The van der Waals surface area contributed by atoms with E-state index < -0.39 is 12.3 Å². The molecule has 1 N–H and O–H groups in total. The maximum absolute atomic E-state index is 14.7.